The number of likely N-dealkylation sites (N-methyl/N-ethyl adjacent to an activating group) is 1. The molecule has 0 fully saturated rings. The highest BCUT2D eigenvalue weighted by atomic mass is 16.2. The van der Waals surface area contributed by atoms with Gasteiger partial charge in [-0.1, -0.05) is 24.3 Å². The molecule has 2 amide bonds. The molecule has 2 aromatic rings. The molecule has 27 heavy (non-hydrogen) atoms. The zero-order chi connectivity index (χ0) is 19.1. The summed E-state index contributed by atoms with van der Waals surface area (Å²) in [5.41, 5.74) is 4.78. The largest absolute Gasteiger partial charge is 0.343 e. The van der Waals surface area contributed by atoms with Gasteiger partial charge in [-0.2, -0.15) is 5.10 Å². The Morgan fingerprint density at radius 3 is 2.67 bits per heavy atom. The second-order valence-corrected chi connectivity index (χ2v) is 7.64. The molecule has 1 N–H and O–H groups in total. The molecule has 1 aromatic heterocycles. The summed E-state index contributed by atoms with van der Waals surface area (Å²) in [6, 6.07) is 8.15. The summed E-state index contributed by atoms with van der Waals surface area (Å²) < 4.78 is 0. The Morgan fingerprint density at radius 2 is 1.93 bits per heavy atom. The Kier molecular flexibility index (Phi) is 4.47. The predicted octanol–water partition coefficient (Wildman–Crippen LogP) is 1.05. The zero-order valence-corrected chi connectivity index (χ0v) is 16.0. The molecule has 7 heteroatoms. The molecule has 7 nitrogen and oxygen atoms in total. The van der Waals surface area contributed by atoms with Gasteiger partial charge in [0, 0.05) is 51.4 Å². The van der Waals surface area contributed by atoms with Gasteiger partial charge in [-0.05, 0) is 24.6 Å². The van der Waals surface area contributed by atoms with Crippen LogP contribution in [0.25, 0.3) is 0 Å². The molecule has 0 bridgehead atoms. The monoisotopic (exact) mass is 367 g/mol. The van der Waals surface area contributed by atoms with Crippen LogP contribution in [0.15, 0.2) is 24.3 Å². The van der Waals surface area contributed by atoms with Crippen LogP contribution in [0.5, 0.6) is 0 Å². The Hall–Kier alpha value is -2.67. The van der Waals surface area contributed by atoms with Crippen LogP contribution in [0.3, 0.4) is 0 Å². The lowest BCUT2D eigenvalue weighted by Crippen LogP contribution is -2.51. The van der Waals surface area contributed by atoms with Gasteiger partial charge in [0.2, 0.25) is 5.91 Å². The average molecular weight is 367 g/mol. The smallest absolute Gasteiger partial charge is 0.274 e. The van der Waals surface area contributed by atoms with E-state index in [1.807, 2.05) is 24.1 Å². The molecule has 2 aliphatic heterocycles. The highest BCUT2D eigenvalue weighted by molar-refractivity contribution is 5.94. The normalized spacial score (nSPS) is 19.4. The Labute approximate surface area is 158 Å². The minimum Gasteiger partial charge on any atom is -0.343 e. The van der Waals surface area contributed by atoms with E-state index in [0.717, 1.165) is 24.2 Å². The van der Waals surface area contributed by atoms with Crippen molar-refractivity contribution in [3.63, 3.8) is 0 Å². The van der Waals surface area contributed by atoms with E-state index in [9.17, 15) is 9.59 Å². The van der Waals surface area contributed by atoms with E-state index in [2.05, 4.69) is 27.2 Å². The van der Waals surface area contributed by atoms with Crippen molar-refractivity contribution in [1.29, 1.82) is 0 Å². The molecule has 0 spiro atoms. The fourth-order valence-electron chi connectivity index (χ4n) is 4.01. The number of nitrogens with zero attached hydrogens (tertiary/aromatic N) is 4. The first-order valence-corrected chi connectivity index (χ1v) is 9.29. The molecule has 1 atom stereocenters. The second kappa shape index (κ2) is 6.81. The molecule has 0 saturated carbocycles. The Bertz CT molecular complexity index is 888. The van der Waals surface area contributed by atoms with Crippen LogP contribution < -0.4 is 0 Å². The zero-order valence-electron chi connectivity index (χ0n) is 16.0. The first-order valence-electron chi connectivity index (χ1n) is 9.29. The van der Waals surface area contributed by atoms with E-state index < -0.39 is 0 Å². The summed E-state index contributed by atoms with van der Waals surface area (Å²) in [5, 5.41) is 7.18. The van der Waals surface area contributed by atoms with E-state index in [-0.39, 0.29) is 17.9 Å². The molecular formula is C20H25N5O2. The predicted molar refractivity (Wildman–Crippen MR) is 101 cm³/mol. The second-order valence-electron chi connectivity index (χ2n) is 7.64. The maximum absolute atomic E-state index is 13.3. The summed E-state index contributed by atoms with van der Waals surface area (Å²) in [7, 11) is 5.43. The number of hydrogen-bond donors (Lipinski definition) is 1. The number of aromatic nitrogens is 2. The van der Waals surface area contributed by atoms with Crippen molar-refractivity contribution in [1.82, 2.24) is 24.9 Å². The minimum absolute atomic E-state index is 0.127. The van der Waals surface area contributed by atoms with Crippen molar-refractivity contribution in [3.05, 3.63) is 52.3 Å². The number of aromatic amines is 1. The molecule has 3 heterocycles. The molecule has 4 rings (SSSR count). The quantitative estimate of drug-likeness (QED) is 0.861. The van der Waals surface area contributed by atoms with E-state index in [0.29, 0.717) is 25.2 Å². The van der Waals surface area contributed by atoms with Gasteiger partial charge in [-0.15, -0.1) is 0 Å². The summed E-state index contributed by atoms with van der Waals surface area (Å²) in [6.45, 7) is 1.86. The van der Waals surface area contributed by atoms with Crippen molar-refractivity contribution < 1.29 is 9.59 Å². The van der Waals surface area contributed by atoms with Crippen molar-refractivity contribution >= 4 is 11.8 Å². The fraction of sp³-hybridized carbons (Fsp3) is 0.450. The summed E-state index contributed by atoms with van der Waals surface area (Å²) in [4.78, 5) is 31.2. The average Bonchev–Trinajstić information content (AvgIpc) is 3.09. The van der Waals surface area contributed by atoms with Crippen LogP contribution in [0, 0.1) is 0 Å². The first-order chi connectivity index (χ1) is 13.0. The number of nitrogens with one attached hydrogen (secondary N) is 1. The van der Waals surface area contributed by atoms with Gasteiger partial charge in [0.25, 0.3) is 5.91 Å². The summed E-state index contributed by atoms with van der Waals surface area (Å²) in [5.74, 6) is -0.00684. The van der Waals surface area contributed by atoms with Crippen LogP contribution in [0.1, 0.15) is 32.9 Å². The first kappa shape index (κ1) is 17.7. The highest BCUT2D eigenvalue weighted by Crippen LogP contribution is 2.26. The van der Waals surface area contributed by atoms with Crippen LogP contribution in [-0.2, 0) is 30.7 Å². The number of fused-ring (bicyclic) bond motifs is 2. The summed E-state index contributed by atoms with van der Waals surface area (Å²) in [6.07, 6.45) is 1.42. The van der Waals surface area contributed by atoms with Crippen LogP contribution >= 0.6 is 0 Å². The summed E-state index contributed by atoms with van der Waals surface area (Å²) >= 11 is 0. The third-order valence-electron chi connectivity index (χ3n) is 5.62. The molecule has 2 aliphatic rings. The molecule has 0 unspecified atom stereocenters. The molecule has 0 radical (unpaired) electrons. The van der Waals surface area contributed by atoms with Gasteiger partial charge in [0.1, 0.15) is 0 Å². The third kappa shape index (κ3) is 3.12. The molecule has 1 aromatic carbocycles. The van der Waals surface area contributed by atoms with Crippen molar-refractivity contribution in [2.75, 3.05) is 27.7 Å². The fourth-order valence-corrected chi connectivity index (χ4v) is 4.01. The van der Waals surface area contributed by atoms with Gasteiger partial charge < -0.3 is 9.80 Å². The van der Waals surface area contributed by atoms with E-state index in [4.69, 9.17) is 0 Å². The number of rotatable bonds is 2. The molecule has 0 saturated heterocycles. The van der Waals surface area contributed by atoms with Gasteiger partial charge in [-0.3, -0.25) is 19.6 Å². The Morgan fingerprint density at radius 1 is 1.19 bits per heavy atom. The van der Waals surface area contributed by atoms with Crippen molar-refractivity contribution in [2.24, 2.45) is 0 Å². The lowest BCUT2D eigenvalue weighted by atomic mass is 9.93. The number of H-pyrrole nitrogens is 1. The minimum atomic E-state index is -0.165. The van der Waals surface area contributed by atoms with E-state index >= 15 is 0 Å². The SMILES string of the molecule is CN(C)C(=O)c1n[nH]c2c1CN(C(=O)[C@H]1Cc3ccccc3CN1C)CC2. The lowest BCUT2D eigenvalue weighted by molar-refractivity contribution is -0.138. The topological polar surface area (TPSA) is 72.5 Å². The van der Waals surface area contributed by atoms with Crippen LogP contribution in [-0.4, -0.2) is 70.4 Å². The maximum atomic E-state index is 13.3. The molecule has 142 valence electrons. The van der Waals surface area contributed by atoms with Crippen LogP contribution in [0.2, 0.25) is 0 Å². The third-order valence-corrected chi connectivity index (χ3v) is 5.62. The van der Waals surface area contributed by atoms with Crippen LogP contribution in [0.4, 0.5) is 0 Å². The van der Waals surface area contributed by atoms with Gasteiger partial charge in [0.15, 0.2) is 5.69 Å². The van der Waals surface area contributed by atoms with Gasteiger partial charge in [0.05, 0.1) is 6.04 Å². The van der Waals surface area contributed by atoms with Gasteiger partial charge >= 0.3 is 0 Å². The van der Waals surface area contributed by atoms with E-state index in [1.54, 1.807) is 14.1 Å². The number of carbonyl (C=O) groups excluding carboxylic acids is 2. The van der Waals surface area contributed by atoms with Gasteiger partial charge in [-0.25, -0.2) is 0 Å². The molecule has 0 aliphatic carbocycles. The molecular weight excluding hydrogens is 342 g/mol. The van der Waals surface area contributed by atoms with Crippen molar-refractivity contribution in [2.45, 2.75) is 32.0 Å². The van der Waals surface area contributed by atoms with Crippen molar-refractivity contribution in [3.8, 4) is 0 Å². The lowest BCUT2D eigenvalue weighted by Gasteiger charge is -2.37. The highest BCUT2D eigenvalue weighted by Gasteiger charge is 2.35. The Balaban J connectivity index is 1.55. The van der Waals surface area contributed by atoms with E-state index in [1.165, 1.54) is 16.0 Å². The standard InChI is InChI=1S/C20H25N5O2/c1-23(2)20(27)18-15-12-25(9-8-16(15)21-22-18)19(26)17-10-13-6-4-5-7-14(13)11-24(17)3/h4-7,17H,8-12H2,1-3H3,(H,21,22)/t17-/m1/s1. The number of carbonyl (C=O) groups is 2. The number of amides is 2. The number of hydrogen-bond acceptors (Lipinski definition) is 4. The maximum Gasteiger partial charge on any atom is 0.274 e. The number of benzene rings is 1.